The molecular formula is C5H10ClF2N. The van der Waals surface area contributed by atoms with E-state index in [1.165, 1.54) is 0 Å². The first-order valence-corrected chi connectivity index (χ1v) is 2.75. The molecule has 0 unspecified atom stereocenters. The van der Waals surface area contributed by atoms with Gasteiger partial charge in [-0.05, 0) is 18.8 Å². The Morgan fingerprint density at radius 3 is 1.89 bits per heavy atom. The monoisotopic (exact) mass is 157 g/mol. The Morgan fingerprint density at radius 2 is 1.78 bits per heavy atom. The first kappa shape index (κ1) is 9.11. The largest absolute Gasteiger partial charge is 0.323 e. The summed E-state index contributed by atoms with van der Waals surface area (Å²) in [5.41, 5.74) is 5.07. The molecular weight excluding hydrogens is 148 g/mol. The van der Waals surface area contributed by atoms with Crippen molar-refractivity contribution in [1.82, 2.24) is 0 Å². The number of nitrogens with two attached hydrogens (primary N) is 1. The van der Waals surface area contributed by atoms with E-state index in [0.717, 1.165) is 12.8 Å². The molecule has 1 atom stereocenters. The van der Waals surface area contributed by atoms with Crippen molar-refractivity contribution in [3.05, 3.63) is 0 Å². The predicted octanol–water partition coefficient (Wildman–Crippen LogP) is 1.41. The van der Waals surface area contributed by atoms with E-state index in [-0.39, 0.29) is 18.3 Å². The van der Waals surface area contributed by atoms with Gasteiger partial charge < -0.3 is 5.73 Å². The lowest BCUT2D eigenvalue weighted by Gasteiger charge is -2.05. The highest BCUT2D eigenvalue weighted by Gasteiger charge is 2.33. The van der Waals surface area contributed by atoms with Gasteiger partial charge >= 0.3 is 0 Å². The van der Waals surface area contributed by atoms with E-state index in [0.29, 0.717) is 0 Å². The highest BCUT2D eigenvalue weighted by Crippen LogP contribution is 2.33. The molecule has 1 saturated carbocycles. The summed E-state index contributed by atoms with van der Waals surface area (Å²) in [5.74, 6) is 0.120. The van der Waals surface area contributed by atoms with E-state index in [1.807, 2.05) is 0 Å². The van der Waals surface area contributed by atoms with Crippen LogP contribution in [-0.4, -0.2) is 12.5 Å². The van der Waals surface area contributed by atoms with Crippen molar-refractivity contribution in [2.24, 2.45) is 11.7 Å². The van der Waals surface area contributed by atoms with Crippen molar-refractivity contribution in [2.45, 2.75) is 25.3 Å². The molecule has 0 spiro atoms. The fourth-order valence-electron chi connectivity index (χ4n) is 0.687. The Labute approximate surface area is 59.0 Å². The van der Waals surface area contributed by atoms with E-state index in [4.69, 9.17) is 5.73 Å². The summed E-state index contributed by atoms with van der Waals surface area (Å²) in [4.78, 5) is 0. The van der Waals surface area contributed by atoms with Gasteiger partial charge in [0.15, 0.2) is 0 Å². The number of rotatable bonds is 2. The fraction of sp³-hybridized carbons (Fsp3) is 1.00. The third-order valence-electron chi connectivity index (χ3n) is 1.46. The molecule has 4 heteroatoms. The lowest BCUT2D eigenvalue weighted by Crippen LogP contribution is -2.30. The van der Waals surface area contributed by atoms with E-state index in [2.05, 4.69) is 0 Å². The van der Waals surface area contributed by atoms with Crippen molar-refractivity contribution in [3.8, 4) is 0 Å². The van der Waals surface area contributed by atoms with E-state index >= 15 is 0 Å². The number of alkyl halides is 2. The molecule has 1 nitrogen and oxygen atoms in total. The summed E-state index contributed by atoms with van der Waals surface area (Å²) in [7, 11) is 0. The van der Waals surface area contributed by atoms with Crippen LogP contribution in [0.15, 0.2) is 0 Å². The third kappa shape index (κ3) is 2.45. The molecule has 1 fully saturated rings. The van der Waals surface area contributed by atoms with E-state index in [9.17, 15) is 8.78 Å². The van der Waals surface area contributed by atoms with E-state index < -0.39 is 12.5 Å². The molecule has 0 heterocycles. The SMILES string of the molecule is Cl.N[C@@H](C(F)F)C1CC1. The van der Waals surface area contributed by atoms with Gasteiger partial charge in [0.1, 0.15) is 0 Å². The highest BCUT2D eigenvalue weighted by atomic mass is 35.5. The van der Waals surface area contributed by atoms with Gasteiger partial charge in [0.2, 0.25) is 0 Å². The standard InChI is InChI=1S/C5H9F2N.ClH/c6-5(7)4(8)3-1-2-3;/h3-5H,1-2,8H2;1H/t4-;/m1./s1. The minimum Gasteiger partial charge on any atom is -0.323 e. The van der Waals surface area contributed by atoms with Crippen LogP contribution in [0.3, 0.4) is 0 Å². The van der Waals surface area contributed by atoms with Crippen molar-refractivity contribution in [3.63, 3.8) is 0 Å². The summed E-state index contributed by atoms with van der Waals surface area (Å²) in [6, 6.07) is -0.852. The molecule has 0 aliphatic heterocycles. The second-order valence-corrected chi connectivity index (χ2v) is 2.25. The lowest BCUT2D eigenvalue weighted by molar-refractivity contribution is 0.107. The van der Waals surface area contributed by atoms with Crippen LogP contribution >= 0.6 is 12.4 Å². The van der Waals surface area contributed by atoms with Crippen LogP contribution in [0, 0.1) is 5.92 Å². The quantitative estimate of drug-likeness (QED) is 0.645. The Morgan fingerprint density at radius 1 is 1.33 bits per heavy atom. The topological polar surface area (TPSA) is 26.0 Å². The minimum absolute atomic E-state index is 0. The average Bonchev–Trinajstić information content (AvgIpc) is 2.43. The number of halogens is 3. The molecule has 0 saturated heterocycles. The smallest absolute Gasteiger partial charge is 0.253 e. The maximum absolute atomic E-state index is 11.6. The van der Waals surface area contributed by atoms with Crippen molar-refractivity contribution in [2.75, 3.05) is 0 Å². The fourth-order valence-corrected chi connectivity index (χ4v) is 0.687. The van der Waals surface area contributed by atoms with Gasteiger partial charge in [-0.2, -0.15) is 0 Å². The molecule has 56 valence electrons. The molecule has 0 aromatic carbocycles. The second kappa shape index (κ2) is 3.32. The summed E-state index contributed by atoms with van der Waals surface area (Å²) < 4.78 is 23.2. The molecule has 2 N–H and O–H groups in total. The van der Waals surface area contributed by atoms with Crippen LogP contribution in [-0.2, 0) is 0 Å². The zero-order valence-corrected chi connectivity index (χ0v) is 5.70. The highest BCUT2D eigenvalue weighted by molar-refractivity contribution is 5.85. The Balaban J connectivity index is 0.000000640. The van der Waals surface area contributed by atoms with Crippen molar-refractivity contribution >= 4 is 12.4 Å². The molecule has 0 amide bonds. The van der Waals surface area contributed by atoms with Crippen LogP contribution in [0.1, 0.15) is 12.8 Å². The minimum atomic E-state index is -2.32. The molecule has 1 rings (SSSR count). The number of hydrogen-bond acceptors (Lipinski definition) is 1. The average molecular weight is 158 g/mol. The first-order chi connectivity index (χ1) is 3.72. The van der Waals surface area contributed by atoms with Crippen molar-refractivity contribution < 1.29 is 8.78 Å². The van der Waals surface area contributed by atoms with Crippen LogP contribution in [0.25, 0.3) is 0 Å². The Bertz CT molecular complexity index is 83.0. The van der Waals surface area contributed by atoms with Gasteiger partial charge in [-0.3, -0.25) is 0 Å². The molecule has 1 aliphatic rings. The van der Waals surface area contributed by atoms with Gasteiger partial charge in [0.25, 0.3) is 6.43 Å². The van der Waals surface area contributed by atoms with Crippen LogP contribution in [0.2, 0.25) is 0 Å². The summed E-state index contributed by atoms with van der Waals surface area (Å²) in [6.07, 6.45) is -0.528. The lowest BCUT2D eigenvalue weighted by atomic mass is 10.2. The van der Waals surface area contributed by atoms with Crippen molar-refractivity contribution in [1.29, 1.82) is 0 Å². The molecule has 0 aromatic heterocycles. The zero-order chi connectivity index (χ0) is 6.15. The molecule has 1 aliphatic carbocycles. The van der Waals surface area contributed by atoms with Gasteiger partial charge in [-0.15, -0.1) is 12.4 Å². The number of hydrogen-bond donors (Lipinski definition) is 1. The van der Waals surface area contributed by atoms with Crippen LogP contribution in [0.5, 0.6) is 0 Å². The van der Waals surface area contributed by atoms with Gasteiger partial charge in [0, 0.05) is 0 Å². The Hall–Kier alpha value is 0.110. The van der Waals surface area contributed by atoms with E-state index in [1.54, 1.807) is 0 Å². The molecule has 9 heavy (non-hydrogen) atoms. The molecule has 0 radical (unpaired) electrons. The van der Waals surface area contributed by atoms with Crippen LogP contribution in [0.4, 0.5) is 8.78 Å². The molecule has 0 aromatic rings. The normalized spacial score (nSPS) is 21.3. The third-order valence-corrected chi connectivity index (χ3v) is 1.46. The van der Waals surface area contributed by atoms with Gasteiger partial charge in [-0.1, -0.05) is 0 Å². The maximum atomic E-state index is 11.6. The summed E-state index contributed by atoms with van der Waals surface area (Å²) in [6.45, 7) is 0. The maximum Gasteiger partial charge on any atom is 0.253 e. The van der Waals surface area contributed by atoms with Crippen LogP contribution < -0.4 is 5.73 Å². The predicted molar refractivity (Wildman–Crippen MR) is 34.0 cm³/mol. The Kier molecular flexibility index (Phi) is 3.36. The zero-order valence-electron chi connectivity index (χ0n) is 4.89. The summed E-state index contributed by atoms with van der Waals surface area (Å²) in [5, 5.41) is 0. The van der Waals surface area contributed by atoms with Gasteiger partial charge in [-0.25, -0.2) is 8.78 Å². The van der Waals surface area contributed by atoms with Gasteiger partial charge in [0.05, 0.1) is 6.04 Å². The summed E-state index contributed by atoms with van der Waals surface area (Å²) >= 11 is 0. The molecule has 0 bridgehead atoms. The second-order valence-electron chi connectivity index (χ2n) is 2.25. The first-order valence-electron chi connectivity index (χ1n) is 2.75.